The monoisotopic (exact) mass is 377 g/mol. The average Bonchev–Trinajstić information content (AvgIpc) is 2.65. The number of amides is 1. The predicted molar refractivity (Wildman–Crippen MR) is 97.1 cm³/mol. The molecule has 0 spiro atoms. The molecule has 27 heavy (non-hydrogen) atoms. The topological polar surface area (TPSA) is 64.6 Å². The molecule has 1 N–H and O–H groups in total. The molecule has 2 aromatic rings. The van der Waals surface area contributed by atoms with Gasteiger partial charge in [-0.2, -0.15) is 8.78 Å². The normalized spacial score (nSPS) is 11.7. The molecular formula is C20H21F2NO4. The van der Waals surface area contributed by atoms with Crippen LogP contribution in [0.2, 0.25) is 0 Å². The molecule has 1 atom stereocenters. The van der Waals surface area contributed by atoms with Gasteiger partial charge >= 0.3 is 12.6 Å². The van der Waals surface area contributed by atoms with E-state index in [1.54, 1.807) is 12.1 Å². The Morgan fingerprint density at radius 3 is 2.44 bits per heavy atom. The molecule has 0 bridgehead atoms. The van der Waals surface area contributed by atoms with Gasteiger partial charge in [0.15, 0.2) is 6.61 Å². The average molecular weight is 377 g/mol. The summed E-state index contributed by atoms with van der Waals surface area (Å²) in [5, 5.41) is 2.63. The predicted octanol–water partition coefficient (Wildman–Crippen LogP) is 4.60. The van der Waals surface area contributed by atoms with Crippen molar-refractivity contribution in [2.24, 2.45) is 0 Å². The number of ether oxygens (including phenoxy) is 2. The molecule has 0 aliphatic heterocycles. The number of hydrogen-bond acceptors (Lipinski definition) is 4. The molecule has 144 valence electrons. The molecule has 0 fully saturated rings. The van der Waals surface area contributed by atoms with Crippen LogP contribution in [0.5, 0.6) is 5.75 Å². The standard InChI is InChI=1S/C20H21F2NO4/c1-3-13(2)14-7-9-16(10-8-14)23-18(24)12-26-19(25)15-5-4-6-17(11-15)27-20(21)22/h4-11,13,20H,3,12H2,1-2H3,(H,23,24)/t13-/m1/s1. The molecule has 0 aliphatic carbocycles. The molecule has 0 heterocycles. The summed E-state index contributed by atoms with van der Waals surface area (Å²) in [6, 6.07) is 12.6. The van der Waals surface area contributed by atoms with Gasteiger partial charge in [-0.05, 0) is 48.2 Å². The minimum atomic E-state index is -2.99. The van der Waals surface area contributed by atoms with E-state index in [2.05, 4.69) is 23.9 Å². The maximum Gasteiger partial charge on any atom is 0.387 e. The van der Waals surface area contributed by atoms with Crippen LogP contribution < -0.4 is 10.1 Å². The first-order chi connectivity index (χ1) is 12.9. The molecule has 0 saturated carbocycles. The highest BCUT2D eigenvalue weighted by molar-refractivity contribution is 5.95. The molecule has 1 amide bonds. The first-order valence-corrected chi connectivity index (χ1v) is 8.50. The van der Waals surface area contributed by atoms with Crippen LogP contribution in [0.4, 0.5) is 14.5 Å². The van der Waals surface area contributed by atoms with E-state index in [0.29, 0.717) is 11.6 Å². The van der Waals surface area contributed by atoms with Crippen LogP contribution >= 0.6 is 0 Å². The second-order valence-electron chi connectivity index (χ2n) is 5.96. The van der Waals surface area contributed by atoms with Crippen molar-refractivity contribution in [1.29, 1.82) is 0 Å². The molecule has 0 aliphatic rings. The third kappa shape index (κ3) is 6.36. The Balaban J connectivity index is 1.87. The minimum absolute atomic E-state index is 0.0128. The molecule has 7 heteroatoms. The highest BCUT2D eigenvalue weighted by Crippen LogP contribution is 2.20. The maximum absolute atomic E-state index is 12.2. The van der Waals surface area contributed by atoms with Gasteiger partial charge in [-0.25, -0.2) is 4.79 Å². The summed E-state index contributed by atoms with van der Waals surface area (Å²) < 4.78 is 33.6. The second kappa shape index (κ2) is 9.66. The van der Waals surface area contributed by atoms with Crippen molar-refractivity contribution in [3.05, 3.63) is 59.7 Å². The summed E-state index contributed by atoms with van der Waals surface area (Å²) in [7, 11) is 0. The van der Waals surface area contributed by atoms with Crippen LogP contribution in [0.1, 0.15) is 42.1 Å². The quantitative estimate of drug-likeness (QED) is 0.683. The lowest BCUT2D eigenvalue weighted by Gasteiger charge is -2.11. The van der Waals surface area contributed by atoms with Crippen molar-refractivity contribution in [2.45, 2.75) is 32.8 Å². The number of carbonyl (C=O) groups is 2. The van der Waals surface area contributed by atoms with Crippen LogP contribution in [0.25, 0.3) is 0 Å². The van der Waals surface area contributed by atoms with Crippen LogP contribution in [-0.2, 0) is 9.53 Å². The van der Waals surface area contributed by atoms with Gasteiger partial charge < -0.3 is 14.8 Å². The van der Waals surface area contributed by atoms with Crippen LogP contribution in [0.15, 0.2) is 48.5 Å². The fourth-order valence-corrected chi connectivity index (χ4v) is 2.34. The largest absolute Gasteiger partial charge is 0.452 e. The molecule has 0 aromatic heterocycles. The van der Waals surface area contributed by atoms with Crippen molar-refractivity contribution in [1.82, 2.24) is 0 Å². The number of alkyl halides is 2. The van der Waals surface area contributed by atoms with Gasteiger partial charge in [0.05, 0.1) is 5.56 Å². The number of halogens is 2. The van der Waals surface area contributed by atoms with Gasteiger partial charge in [-0.15, -0.1) is 0 Å². The Morgan fingerprint density at radius 1 is 1.11 bits per heavy atom. The molecular weight excluding hydrogens is 356 g/mol. The third-order valence-electron chi connectivity index (χ3n) is 4.01. The molecule has 2 aromatic carbocycles. The molecule has 2 rings (SSSR count). The summed E-state index contributed by atoms with van der Waals surface area (Å²) in [6.45, 7) is 0.735. The van der Waals surface area contributed by atoms with Crippen LogP contribution in [0.3, 0.4) is 0 Å². The fraction of sp³-hybridized carbons (Fsp3) is 0.300. The van der Waals surface area contributed by atoms with E-state index in [1.165, 1.54) is 23.8 Å². The van der Waals surface area contributed by atoms with Gasteiger partial charge in [0.25, 0.3) is 5.91 Å². The Bertz CT molecular complexity index is 778. The number of hydrogen-bond donors (Lipinski definition) is 1. The fourth-order valence-electron chi connectivity index (χ4n) is 2.34. The van der Waals surface area contributed by atoms with E-state index < -0.39 is 25.1 Å². The first-order valence-electron chi connectivity index (χ1n) is 8.50. The minimum Gasteiger partial charge on any atom is -0.452 e. The zero-order valence-electron chi connectivity index (χ0n) is 15.1. The van der Waals surface area contributed by atoms with E-state index >= 15 is 0 Å². The smallest absolute Gasteiger partial charge is 0.387 e. The van der Waals surface area contributed by atoms with Gasteiger partial charge in [0, 0.05) is 5.69 Å². The number of anilines is 1. The second-order valence-corrected chi connectivity index (χ2v) is 5.96. The lowest BCUT2D eigenvalue weighted by atomic mass is 9.99. The molecule has 0 saturated heterocycles. The van der Waals surface area contributed by atoms with E-state index in [0.717, 1.165) is 12.5 Å². The van der Waals surface area contributed by atoms with Crippen molar-refractivity contribution < 1.29 is 27.8 Å². The Morgan fingerprint density at radius 2 is 1.81 bits per heavy atom. The summed E-state index contributed by atoms with van der Waals surface area (Å²) in [5.74, 6) is -1.04. The Labute approximate surface area is 156 Å². The van der Waals surface area contributed by atoms with Gasteiger partial charge in [-0.1, -0.05) is 32.0 Å². The van der Waals surface area contributed by atoms with E-state index in [1.807, 2.05) is 12.1 Å². The number of esters is 1. The highest BCUT2D eigenvalue weighted by Gasteiger charge is 2.13. The molecule has 0 unspecified atom stereocenters. The SMILES string of the molecule is CC[C@@H](C)c1ccc(NC(=O)COC(=O)c2cccc(OC(F)F)c2)cc1. The number of benzene rings is 2. The summed E-state index contributed by atoms with van der Waals surface area (Å²) in [5.41, 5.74) is 1.78. The van der Waals surface area contributed by atoms with Gasteiger partial charge in [0.2, 0.25) is 0 Å². The van der Waals surface area contributed by atoms with E-state index in [4.69, 9.17) is 4.74 Å². The Hall–Kier alpha value is -2.96. The van der Waals surface area contributed by atoms with Crippen molar-refractivity contribution >= 4 is 17.6 Å². The van der Waals surface area contributed by atoms with Crippen molar-refractivity contribution in [2.75, 3.05) is 11.9 Å². The van der Waals surface area contributed by atoms with Crippen LogP contribution in [-0.4, -0.2) is 25.1 Å². The number of rotatable bonds is 8. The zero-order chi connectivity index (χ0) is 19.8. The van der Waals surface area contributed by atoms with Crippen LogP contribution in [0, 0.1) is 0 Å². The Kier molecular flexibility index (Phi) is 7.28. The third-order valence-corrected chi connectivity index (χ3v) is 4.01. The maximum atomic E-state index is 12.2. The summed E-state index contributed by atoms with van der Waals surface area (Å²) >= 11 is 0. The van der Waals surface area contributed by atoms with Gasteiger partial charge in [0.1, 0.15) is 5.75 Å². The lowest BCUT2D eigenvalue weighted by Crippen LogP contribution is -2.21. The molecule has 5 nitrogen and oxygen atoms in total. The number of nitrogens with one attached hydrogen (secondary N) is 1. The molecule has 0 radical (unpaired) electrons. The lowest BCUT2D eigenvalue weighted by molar-refractivity contribution is -0.119. The van der Waals surface area contributed by atoms with E-state index in [-0.39, 0.29) is 11.3 Å². The van der Waals surface area contributed by atoms with E-state index in [9.17, 15) is 18.4 Å². The number of carbonyl (C=O) groups excluding carboxylic acids is 2. The summed E-state index contributed by atoms with van der Waals surface area (Å²) in [6.07, 6.45) is 1.02. The highest BCUT2D eigenvalue weighted by atomic mass is 19.3. The first kappa shape index (κ1) is 20.4. The zero-order valence-corrected chi connectivity index (χ0v) is 15.1. The summed E-state index contributed by atoms with van der Waals surface area (Å²) in [4.78, 5) is 23.9. The van der Waals surface area contributed by atoms with Crippen molar-refractivity contribution in [3.8, 4) is 5.75 Å². The van der Waals surface area contributed by atoms with Crippen molar-refractivity contribution in [3.63, 3.8) is 0 Å². The van der Waals surface area contributed by atoms with Gasteiger partial charge in [-0.3, -0.25) is 4.79 Å².